The monoisotopic (exact) mass is 296 g/mol. The van der Waals surface area contributed by atoms with Crippen LogP contribution in [0.2, 0.25) is 0 Å². The summed E-state index contributed by atoms with van der Waals surface area (Å²) in [5.74, 6) is 0.129. The zero-order chi connectivity index (χ0) is 16.3. The van der Waals surface area contributed by atoms with Crippen LogP contribution in [-0.4, -0.2) is 17.4 Å². The van der Waals surface area contributed by atoms with Crippen molar-refractivity contribution in [2.24, 2.45) is 10.9 Å². The molecule has 4 nitrogen and oxygen atoms in total. The SMILES string of the molecule is CC(=O)Nc1ccc(N=C2C=C(C(C)C)C(=O)C=C2C)cc1. The smallest absolute Gasteiger partial charge is 0.221 e. The summed E-state index contributed by atoms with van der Waals surface area (Å²) < 4.78 is 0. The van der Waals surface area contributed by atoms with Crippen molar-refractivity contribution in [3.05, 3.63) is 47.6 Å². The number of aliphatic imine (C=N–C) groups is 1. The summed E-state index contributed by atoms with van der Waals surface area (Å²) in [6.45, 7) is 7.35. The van der Waals surface area contributed by atoms with Gasteiger partial charge in [0.2, 0.25) is 5.91 Å². The van der Waals surface area contributed by atoms with Crippen molar-refractivity contribution in [1.82, 2.24) is 0 Å². The highest BCUT2D eigenvalue weighted by Crippen LogP contribution is 2.23. The second-order valence-electron chi connectivity index (χ2n) is 5.67. The van der Waals surface area contributed by atoms with Crippen LogP contribution in [0.25, 0.3) is 0 Å². The van der Waals surface area contributed by atoms with E-state index in [4.69, 9.17) is 0 Å². The Bertz CT molecular complexity index is 692. The van der Waals surface area contributed by atoms with E-state index >= 15 is 0 Å². The van der Waals surface area contributed by atoms with Crippen LogP contribution in [0.15, 0.2) is 52.6 Å². The van der Waals surface area contributed by atoms with Gasteiger partial charge in [0.1, 0.15) is 0 Å². The second-order valence-corrected chi connectivity index (χ2v) is 5.67. The number of hydrogen-bond acceptors (Lipinski definition) is 3. The summed E-state index contributed by atoms with van der Waals surface area (Å²) in [6.07, 6.45) is 3.50. The third kappa shape index (κ3) is 3.79. The number of anilines is 1. The minimum absolute atomic E-state index is 0.0625. The summed E-state index contributed by atoms with van der Waals surface area (Å²) in [4.78, 5) is 27.5. The van der Waals surface area contributed by atoms with Crippen LogP contribution >= 0.6 is 0 Å². The molecule has 0 fully saturated rings. The van der Waals surface area contributed by atoms with Gasteiger partial charge >= 0.3 is 0 Å². The molecule has 1 aliphatic rings. The second kappa shape index (κ2) is 6.52. The van der Waals surface area contributed by atoms with Gasteiger partial charge in [0.25, 0.3) is 0 Å². The Morgan fingerprint density at radius 3 is 2.32 bits per heavy atom. The van der Waals surface area contributed by atoms with E-state index in [0.29, 0.717) is 0 Å². The van der Waals surface area contributed by atoms with Crippen LogP contribution in [0.1, 0.15) is 27.7 Å². The fraction of sp³-hybridized carbons (Fsp3) is 0.278. The maximum absolute atomic E-state index is 12.0. The van der Waals surface area contributed by atoms with Crippen LogP contribution in [0.3, 0.4) is 0 Å². The van der Waals surface area contributed by atoms with Crippen molar-refractivity contribution >= 4 is 28.8 Å². The third-order valence-corrected chi connectivity index (χ3v) is 3.39. The number of allylic oxidation sites excluding steroid dienone is 4. The lowest BCUT2D eigenvalue weighted by atomic mass is 9.90. The van der Waals surface area contributed by atoms with Gasteiger partial charge in [-0.2, -0.15) is 0 Å². The van der Waals surface area contributed by atoms with E-state index in [1.165, 1.54) is 6.92 Å². The first-order valence-corrected chi connectivity index (χ1v) is 7.27. The fourth-order valence-corrected chi connectivity index (χ4v) is 2.22. The number of amides is 1. The molecular weight excluding hydrogens is 276 g/mol. The number of rotatable bonds is 3. The first-order valence-electron chi connectivity index (χ1n) is 7.27. The van der Waals surface area contributed by atoms with Gasteiger partial charge in [-0.15, -0.1) is 0 Å². The van der Waals surface area contributed by atoms with Crippen molar-refractivity contribution in [3.8, 4) is 0 Å². The van der Waals surface area contributed by atoms with Crippen molar-refractivity contribution < 1.29 is 9.59 Å². The van der Waals surface area contributed by atoms with E-state index in [1.54, 1.807) is 18.2 Å². The van der Waals surface area contributed by atoms with E-state index < -0.39 is 0 Å². The highest BCUT2D eigenvalue weighted by atomic mass is 16.1. The quantitative estimate of drug-likeness (QED) is 0.862. The number of nitrogens with one attached hydrogen (secondary N) is 1. The third-order valence-electron chi connectivity index (χ3n) is 3.39. The molecule has 0 saturated carbocycles. The standard InChI is InChI=1S/C18H20N2O2/c1-11(2)16-10-17(12(3)9-18(16)22)20-15-7-5-14(6-8-15)19-13(4)21/h5-11H,1-4H3,(H,19,21). The molecule has 22 heavy (non-hydrogen) atoms. The molecule has 0 saturated heterocycles. The molecule has 4 heteroatoms. The Morgan fingerprint density at radius 2 is 1.77 bits per heavy atom. The molecule has 114 valence electrons. The number of ketones is 1. The molecule has 0 radical (unpaired) electrons. The Labute approximate surface area is 130 Å². The molecule has 1 amide bonds. The zero-order valence-corrected chi connectivity index (χ0v) is 13.3. The summed E-state index contributed by atoms with van der Waals surface area (Å²) in [5.41, 5.74) is 3.96. The Hall–Kier alpha value is -2.49. The summed E-state index contributed by atoms with van der Waals surface area (Å²) in [5, 5.41) is 2.72. The van der Waals surface area contributed by atoms with Crippen LogP contribution in [0.5, 0.6) is 0 Å². The Morgan fingerprint density at radius 1 is 1.14 bits per heavy atom. The lowest BCUT2D eigenvalue weighted by Gasteiger charge is -2.15. The molecule has 1 aromatic rings. The molecule has 0 unspecified atom stereocenters. The molecule has 1 N–H and O–H groups in total. The summed E-state index contributed by atoms with van der Waals surface area (Å²) >= 11 is 0. The van der Waals surface area contributed by atoms with Crippen LogP contribution in [0, 0.1) is 5.92 Å². The zero-order valence-electron chi connectivity index (χ0n) is 13.3. The van der Waals surface area contributed by atoms with E-state index in [1.807, 2.05) is 39.0 Å². The number of carbonyl (C=O) groups excluding carboxylic acids is 2. The number of benzene rings is 1. The number of nitrogens with zero attached hydrogens (tertiary/aromatic N) is 1. The largest absolute Gasteiger partial charge is 0.326 e. The molecule has 0 aliphatic heterocycles. The van der Waals surface area contributed by atoms with Gasteiger partial charge in [-0.25, -0.2) is 4.99 Å². The van der Waals surface area contributed by atoms with Crippen LogP contribution in [-0.2, 0) is 9.59 Å². The highest BCUT2D eigenvalue weighted by Gasteiger charge is 2.18. The normalized spacial score (nSPS) is 16.6. The van der Waals surface area contributed by atoms with Gasteiger partial charge in [-0.05, 0) is 54.8 Å². The van der Waals surface area contributed by atoms with Crippen LogP contribution < -0.4 is 5.32 Å². The molecule has 0 bridgehead atoms. The lowest BCUT2D eigenvalue weighted by Crippen LogP contribution is -2.15. The van der Waals surface area contributed by atoms with Crippen molar-refractivity contribution in [3.63, 3.8) is 0 Å². The van der Waals surface area contributed by atoms with Gasteiger partial charge in [0.15, 0.2) is 5.78 Å². The average Bonchev–Trinajstić information content (AvgIpc) is 2.42. The predicted molar refractivity (Wildman–Crippen MR) is 89.5 cm³/mol. The van der Waals surface area contributed by atoms with Crippen molar-refractivity contribution in [2.75, 3.05) is 5.32 Å². The minimum Gasteiger partial charge on any atom is -0.326 e. The molecule has 0 atom stereocenters. The molecular formula is C18H20N2O2. The molecule has 1 aromatic carbocycles. The highest BCUT2D eigenvalue weighted by molar-refractivity contribution is 6.22. The molecule has 1 aliphatic carbocycles. The van der Waals surface area contributed by atoms with Crippen molar-refractivity contribution in [1.29, 1.82) is 0 Å². The fourth-order valence-electron chi connectivity index (χ4n) is 2.22. The molecule has 0 spiro atoms. The van der Waals surface area contributed by atoms with E-state index in [9.17, 15) is 9.59 Å². The summed E-state index contributed by atoms with van der Waals surface area (Å²) in [7, 11) is 0. The van der Waals surface area contributed by atoms with Crippen molar-refractivity contribution in [2.45, 2.75) is 27.7 Å². The van der Waals surface area contributed by atoms with Gasteiger partial charge in [0, 0.05) is 18.2 Å². The Balaban J connectivity index is 2.29. The number of carbonyl (C=O) groups is 2. The minimum atomic E-state index is -0.104. The summed E-state index contributed by atoms with van der Waals surface area (Å²) in [6, 6.07) is 7.29. The van der Waals surface area contributed by atoms with Gasteiger partial charge in [-0.1, -0.05) is 13.8 Å². The first-order chi connectivity index (χ1) is 10.4. The molecule has 0 heterocycles. The van der Waals surface area contributed by atoms with E-state index in [-0.39, 0.29) is 17.6 Å². The van der Waals surface area contributed by atoms with Gasteiger partial charge in [0.05, 0.1) is 11.4 Å². The number of hydrogen-bond donors (Lipinski definition) is 1. The first kappa shape index (κ1) is 15.9. The maximum atomic E-state index is 12.0. The maximum Gasteiger partial charge on any atom is 0.221 e. The molecule has 2 rings (SSSR count). The predicted octanol–water partition coefficient (Wildman–Crippen LogP) is 3.83. The van der Waals surface area contributed by atoms with Crippen LogP contribution in [0.4, 0.5) is 11.4 Å². The Kier molecular flexibility index (Phi) is 4.71. The van der Waals surface area contributed by atoms with Gasteiger partial charge in [-0.3, -0.25) is 9.59 Å². The average molecular weight is 296 g/mol. The van der Waals surface area contributed by atoms with E-state index in [2.05, 4.69) is 10.3 Å². The lowest BCUT2D eigenvalue weighted by molar-refractivity contribution is -0.114. The topological polar surface area (TPSA) is 58.5 Å². The van der Waals surface area contributed by atoms with Gasteiger partial charge < -0.3 is 5.32 Å². The van der Waals surface area contributed by atoms with E-state index in [0.717, 1.165) is 28.2 Å². The molecule has 0 aromatic heterocycles.